The number of anilines is 1. The van der Waals surface area contributed by atoms with Crippen LogP contribution < -0.4 is 10.6 Å². The summed E-state index contributed by atoms with van der Waals surface area (Å²) < 4.78 is 5.20. The fraction of sp³-hybridized carbons (Fsp3) is 0.154. The first kappa shape index (κ1) is 14.9. The number of hydrogen-bond acceptors (Lipinski definition) is 4. The van der Waals surface area contributed by atoms with Crippen molar-refractivity contribution in [2.75, 3.05) is 5.32 Å². The fourth-order valence-electron chi connectivity index (χ4n) is 1.56. The number of rotatable bonds is 4. The summed E-state index contributed by atoms with van der Waals surface area (Å²) in [7, 11) is 0. The lowest BCUT2D eigenvalue weighted by Crippen LogP contribution is -2.28. The molecule has 1 heterocycles. The summed E-state index contributed by atoms with van der Waals surface area (Å²) in [6.07, 6.45) is 1.55. The highest BCUT2D eigenvalue weighted by molar-refractivity contribution is 6.34. The number of benzene rings is 1. The number of carboxylic acids is 1. The average molecular weight is 310 g/mol. The number of nitrogens with one attached hydrogen (secondary N) is 2. The van der Waals surface area contributed by atoms with Gasteiger partial charge in [-0.05, 0) is 25.1 Å². The molecule has 3 N–H and O–H groups in total. The zero-order chi connectivity index (χ0) is 15.4. The van der Waals surface area contributed by atoms with Gasteiger partial charge in [0.05, 0.1) is 29.0 Å². The monoisotopic (exact) mass is 309 g/mol. The van der Waals surface area contributed by atoms with Gasteiger partial charge in [0.2, 0.25) is 5.89 Å². The summed E-state index contributed by atoms with van der Waals surface area (Å²) in [5.41, 5.74) is 0.351. The lowest BCUT2D eigenvalue weighted by Gasteiger charge is -2.08. The highest BCUT2D eigenvalue weighted by atomic mass is 35.5. The molecule has 0 aliphatic heterocycles. The molecule has 0 bridgehead atoms. The maximum absolute atomic E-state index is 11.7. The number of carboxylic acid groups (broad SMARTS) is 1. The third-order valence-corrected chi connectivity index (χ3v) is 2.85. The number of oxazole rings is 1. The smallest absolute Gasteiger partial charge is 0.335 e. The minimum absolute atomic E-state index is 0.0428. The molecule has 0 atom stereocenters. The standard InChI is InChI=1S/C13H12ClN3O4/c1-7-5-15-11(21-7)6-16-13(20)17-10-3-2-8(12(18)19)4-9(10)14/h2-5H,6H2,1H3,(H,18,19)(H2,16,17,20). The predicted octanol–water partition coefficient (Wildman–Crippen LogP) is 2.66. The lowest BCUT2D eigenvalue weighted by molar-refractivity contribution is 0.0697. The van der Waals surface area contributed by atoms with Gasteiger partial charge >= 0.3 is 12.0 Å². The summed E-state index contributed by atoms with van der Waals surface area (Å²) >= 11 is 5.90. The van der Waals surface area contributed by atoms with E-state index in [-0.39, 0.29) is 17.1 Å². The van der Waals surface area contributed by atoms with Gasteiger partial charge in [0.25, 0.3) is 0 Å². The van der Waals surface area contributed by atoms with Crippen LogP contribution in [0.1, 0.15) is 22.0 Å². The molecule has 0 fully saturated rings. The van der Waals surface area contributed by atoms with E-state index in [1.54, 1.807) is 13.1 Å². The summed E-state index contributed by atoms with van der Waals surface area (Å²) in [6, 6.07) is 3.52. The maximum Gasteiger partial charge on any atom is 0.335 e. The van der Waals surface area contributed by atoms with Crippen molar-refractivity contribution in [2.24, 2.45) is 0 Å². The number of carbonyl (C=O) groups is 2. The number of aromatic nitrogens is 1. The third kappa shape index (κ3) is 3.96. The molecule has 110 valence electrons. The molecule has 8 heteroatoms. The number of amides is 2. The summed E-state index contributed by atoms with van der Waals surface area (Å²) in [6.45, 7) is 1.88. The van der Waals surface area contributed by atoms with Gasteiger partial charge in [0.1, 0.15) is 5.76 Å². The first-order valence-electron chi connectivity index (χ1n) is 5.94. The minimum Gasteiger partial charge on any atom is -0.478 e. The molecule has 21 heavy (non-hydrogen) atoms. The number of halogens is 1. The second kappa shape index (κ2) is 6.27. The van der Waals surface area contributed by atoms with Gasteiger partial charge in [-0.1, -0.05) is 11.6 Å². The lowest BCUT2D eigenvalue weighted by atomic mass is 10.2. The van der Waals surface area contributed by atoms with Crippen molar-refractivity contribution in [3.05, 3.63) is 46.6 Å². The molecule has 0 aliphatic carbocycles. The number of urea groups is 1. The van der Waals surface area contributed by atoms with E-state index >= 15 is 0 Å². The second-order valence-corrected chi connectivity index (χ2v) is 4.58. The van der Waals surface area contributed by atoms with Crippen molar-refractivity contribution in [3.8, 4) is 0 Å². The van der Waals surface area contributed by atoms with Gasteiger partial charge in [-0.25, -0.2) is 14.6 Å². The number of nitrogens with zero attached hydrogens (tertiary/aromatic N) is 1. The van der Waals surface area contributed by atoms with Crippen molar-refractivity contribution in [1.82, 2.24) is 10.3 Å². The molecule has 1 aromatic carbocycles. The molecule has 1 aromatic heterocycles. The van der Waals surface area contributed by atoms with E-state index in [9.17, 15) is 9.59 Å². The van der Waals surface area contributed by atoms with Crippen LogP contribution in [0.25, 0.3) is 0 Å². The van der Waals surface area contributed by atoms with Crippen molar-refractivity contribution in [2.45, 2.75) is 13.5 Å². The van der Waals surface area contributed by atoms with Gasteiger partial charge in [-0.15, -0.1) is 0 Å². The normalized spacial score (nSPS) is 10.2. The quantitative estimate of drug-likeness (QED) is 0.805. The summed E-state index contributed by atoms with van der Waals surface area (Å²) in [5.74, 6) is -0.0540. The van der Waals surface area contributed by atoms with E-state index in [4.69, 9.17) is 21.1 Å². The Morgan fingerprint density at radius 3 is 2.76 bits per heavy atom. The van der Waals surface area contributed by atoms with Gasteiger partial charge in [0, 0.05) is 0 Å². The van der Waals surface area contributed by atoms with E-state index in [0.717, 1.165) is 0 Å². The molecule has 0 spiro atoms. The SMILES string of the molecule is Cc1cnc(CNC(=O)Nc2ccc(C(=O)O)cc2Cl)o1. The van der Waals surface area contributed by atoms with Crippen LogP contribution in [0.15, 0.2) is 28.8 Å². The van der Waals surface area contributed by atoms with E-state index in [0.29, 0.717) is 17.3 Å². The van der Waals surface area contributed by atoms with Crippen molar-refractivity contribution >= 4 is 29.3 Å². The van der Waals surface area contributed by atoms with Crippen LogP contribution >= 0.6 is 11.6 Å². The van der Waals surface area contributed by atoms with Crippen LogP contribution in [-0.4, -0.2) is 22.1 Å². The van der Waals surface area contributed by atoms with Crippen molar-refractivity contribution in [1.29, 1.82) is 0 Å². The molecule has 2 rings (SSSR count). The maximum atomic E-state index is 11.7. The van der Waals surface area contributed by atoms with Crippen molar-refractivity contribution in [3.63, 3.8) is 0 Å². The molecule has 0 saturated heterocycles. The second-order valence-electron chi connectivity index (χ2n) is 4.17. The minimum atomic E-state index is -1.09. The molecule has 2 amide bonds. The third-order valence-electron chi connectivity index (χ3n) is 2.53. The van der Waals surface area contributed by atoms with Crippen LogP contribution in [0.5, 0.6) is 0 Å². The van der Waals surface area contributed by atoms with E-state index in [2.05, 4.69) is 15.6 Å². The topological polar surface area (TPSA) is 104 Å². The number of aryl methyl sites for hydroxylation is 1. The van der Waals surface area contributed by atoms with Gasteiger partial charge < -0.3 is 20.2 Å². The average Bonchev–Trinajstić information content (AvgIpc) is 2.84. The molecule has 0 aliphatic rings. The van der Waals surface area contributed by atoms with Crippen LogP contribution in [0.4, 0.5) is 10.5 Å². The molecule has 0 saturated carbocycles. The first-order chi connectivity index (χ1) is 9.95. The molecular formula is C13H12ClN3O4. The predicted molar refractivity (Wildman–Crippen MR) is 75.5 cm³/mol. The molecule has 0 radical (unpaired) electrons. The van der Waals surface area contributed by atoms with Crippen LogP contribution in [0.2, 0.25) is 5.02 Å². The summed E-state index contributed by atoms with van der Waals surface area (Å²) in [4.78, 5) is 26.4. The van der Waals surface area contributed by atoms with Crippen LogP contribution in [0, 0.1) is 6.92 Å². The molecule has 7 nitrogen and oxygen atoms in total. The van der Waals surface area contributed by atoms with Gasteiger partial charge in [-0.2, -0.15) is 0 Å². The Hall–Kier alpha value is -2.54. The zero-order valence-corrected chi connectivity index (χ0v) is 11.8. The number of carbonyl (C=O) groups excluding carboxylic acids is 1. The highest BCUT2D eigenvalue weighted by Crippen LogP contribution is 2.23. The molecular weight excluding hydrogens is 298 g/mol. The van der Waals surface area contributed by atoms with E-state index < -0.39 is 12.0 Å². The highest BCUT2D eigenvalue weighted by Gasteiger charge is 2.10. The van der Waals surface area contributed by atoms with E-state index in [1.807, 2.05) is 0 Å². The fourth-order valence-corrected chi connectivity index (χ4v) is 1.78. The largest absolute Gasteiger partial charge is 0.478 e. The van der Waals surface area contributed by atoms with Crippen molar-refractivity contribution < 1.29 is 19.1 Å². The number of aromatic carboxylic acids is 1. The Bertz CT molecular complexity index is 684. The molecule has 2 aromatic rings. The number of hydrogen-bond donors (Lipinski definition) is 3. The Labute approximate surface area is 124 Å². The zero-order valence-electron chi connectivity index (χ0n) is 11.0. The Kier molecular flexibility index (Phi) is 4.44. The van der Waals surface area contributed by atoms with Crippen LogP contribution in [-0.2, 0) is 6.54 Å². The Balaban J connectivity index is 1.94. The van der Waals surface area contributed by atoms with Gasteiger partial charge in [0.15, 0.2) is 0 Å². The first-order valence-corrected chi connectivity index (χ1v) is 6.32. The Morgan fingerprint density at radius 1 is 1.43 bits per heavy atom. The van der Waals surface area contributed by atoms with E-state index in [1.165, 1.54) is 18.2 Å². The van der Waals surface area contributed by atoms with Crippen LogP contribution in [0.3, 0.4) is 0 Å². The molecule has 0 unspecified atom stereocenters. The summed E-state index contributed by atoms with van der Waals surface area (Å²) in [5, 5.41) is 14.0. The van der Waals surface area contributed by atoms with Gasteiger partial charge in [-0.3, -0.25) is 0 Å². The Morgan fingerprint density at radius 2 is 2.19 bits per heavy atom.